The molecule has 3 rings (SSSR count). The van der Waals surface area contributed by atoms with Gasteiger partial charge in [-0.2, -0.15) is 5.10 Å². The summed E-state index contributed by atoms with van der Waals surface area (Å²) in [6.45, 7) is 8.98. The standard InChI is InChI=1S/C25H31N3O2/c1-5-22-21(15-16-24(29)26-17-18(2)3)25(30-23-14-10-9-11-19(23)4)28(27-22)20-12-7-6-8-13-20/h6-14,18H,5,15-17H2,1-4H3,(H,26,29). The first kappa shape index (κ1) is 21.6. The Morgan fingerprint density at radius 2 is 1.80 bits per heavy atom. The number of benzene rings is 2. The minimum atomic E-state index is 0.0556. The summed E-state index contributed by atoms with van der Waals surface area (Å²) in [4.78, 5) is 12.3. The van der Waals surface area contributed by atoms with Crippen LogP contribution in [0.1, 0.15) is 44.0 Å². The van der Waals surface area contributed by atoms with Crippen molar-refractivity contribution >= 4 is 5.91 Å². The Morgan fingerprint density at radius 1 is 1.10 bits per heavy atom. The van der Waals surface area contributed by atoms with Gasteiger partial charge in [0.25, 0.3) is 0 Å². The lowest BCUT2D eigenvalue weighted by atomic mass is 10.1. The molecule has 0 atom stereocenters. The molecule has 0 radical (unpaired) electrons. The van der Waals surface area contributed by atoms with E-state index < -0.39 is 0 Å². The number of nitrogens with zero attached hydrogens (tertiary/aromatic N) is 2. The van der Waals surface area contributed by atoms with Crippen LogP contribution in [0.4, 0.5) is 0 Å². The van der Waals surface area contributed by atoms with Crippen molar-refractivity contribution in [1.82, 2.24) is 15.1 Å². The number of para-hydroxylation sites is 2. The van der Waals surface area contributed by atoms with Crippen molar-refractivity contribution in [1.29, 1.82) is 0 Å². The predicted molar refractivity (Wildman–Crippen MR) is 120 cm³/mol. The maximum Gasteiger partial charge on any atom is 0.226 e. The first-order valence-corrected chi connectivity index (χ1v) is 10.7. The normalized spacial score (nSPS) is 11.0. The van der Waals surface area contributed by atoms with E-state index in [-0.39, 0.29) is 5.91 Å². The van der Waals surface area contributed by atoms with Gasteiger partial charge in [0, 0.05) is 18.5 Å². The summed E-state index contributed by atoms with van der Waals surface area (Å²) in [5, 5.41) is 7.84. The largest absolute Gasteiger partial charge is 0.438 e. The number of ether oxygens (including phenoxy) is 1. The molecule has 0 saturated heterocycles. The molecule has 5 heteroatoms. The van der Waals surface area contributed by atoms with Crippen molar-refractivity contribution in [3.63, 3.8) is 0 Å². The molecular formula is C25H31N3O2. The summed E-state index contributed by atoms with van der Waals surface area (Å²) in [5.41, 5.74) is 3.94. The Bertz CT molecular complexity index is 977. The Hall–Kier alpha value is -3.08. The van der Waals surface area contributed by atoms with E-state index >= 15 is 0 Å². The number of aromatic nitrogens is 2. The minimum Gasteiger partial charge on any atom is -0.438 e. The summed E-state index contributed by atoms with van der Waals surface area (Å²) in [5.74, 6) is 1.97. The van der Waals surface area contributed by atoms with E-state index in [0.29, 0.717) is 31.2 Å². The molecule has 1 aromatic heterocycles. The van der Waals surface area contributed by atoms with Crippen LogP contribution in [-0.4, -0.2) is 22.2 Å². The highest BCUT2D eigenvalue weighted by molar-refractivity contribution is 5.76. The van der Waals surface area contributed by atoms with Crippen LogP contribution in [0.15, 0.2) is 54.6 Å². The molecule has 158 valence electrons. The zero-order valence-electron chi connectivity index (χ0n) is 18.3. The molecule has 3 aromatic rings. The van der Waals surface area contributed by atoms with Crippen LogP contribution < -0.4 is 10.1 Å². The fraction of sp³-hybridized carbons (Fsp3) is 0.360. The van der Waals surface area contributed by atoms with E-state index in [0.717, 1.165) is 34.7 Å². The average Bonchev–Trinajstić information content (AvgIpc) is 3.10. The van der Waals surface area contributed by atoms with Crippen LogP contribution >= 0.6 is 0 Å². The van der Waals surface area contributed by atoms with E-state index in [2.05, 4.69) is 26.1 Å². The zero-order chi connectivity index (χ0) is 21.5. The lowest BCUT2D eigenvalue weighted by Gasteiger charge is -2.13. The summed E-state index contributed by atoms with van der Waals surface area (Å²) >= 11 is 0. The van der Waals surface area contributed by atoms with Crippen molar-refractivity contribution < 1.29 is 9.53 Å². The molecule has 0 aliphatic rings. The van der Waals surface area contributed by atoms with Crippen molar-refractivity contribution in [2.45, 2.75) is 47.0 Å². The van der Waals surface area contributed by atoms with Crippen LogP contribution in [-0.2, 0) is 17.6 Å². The predicted octanol–water partition coefficient (Wildman–Crippen LogP) is 5.24. The SMILES string of the molecule is CCc1nn(-c2ccccc2)c(Oc2ccccc2C)c1CCC(=O)NCC(C)C. The van der Waals surface area contributed by atoms with Crippen LogP contribution in [0.5, 0.6) is 11.6 Å². The highest BCUT2D eigenvalue weighted by Gasteiger charge is 2.21. The van der Waals surface area contributed by atoms with E-state index in [1.165, 1.54) is 0 Å². The number of nitrogens with one attached hydrogen (secondary N) is 1. The van der Waals surface area contributed by atoms with Gasteiger partial charge < -0.3 is 10.1 Å². The fourth-order valence-corrected chi connectivity index (χ4v) is 3.28. The van der Waals surface area contributed by atoms with Gasteiger partial charge in [-0.1, -0.05) is 57.2 Å². The van der Waals surface area contributed by atoms with Crippen molar-refractivity contribution in [2.24, 2.45) is 5.92 Å². The quantitative estimate of drug-likeness (QED) is 0.530. The number of hydrogen-bond donors (Lipinski definition) is 1. The first-order valence-electron chi connectivity index (χ1n) is 10.7. The number of amides is 1. The van der Waals surface area contributed by atoms with Crippen molar-refractivity contribution in [2.75, 3.05) is 6.54 Å². The first-order chi connectivity index (χ1) is 14.5. The van der Waals surface area contributed by atoms with Crippen LogP contribution in [0.3, 0.4) is 0 Å². The summed E-state index contributed by atoms with van der Waals surface area (Å²) in [6.07, 6.45) is 1.76. The molecule has 1 heterocycles. The van der Waals surface area contributed by atoms with Crippen LogP contribution in [0, 0.1) is 12.8 Å². The number of aryl methyl sites for hydroxylation is 2. The van der Waals surface area contributed by atoms with Crippen LogP contribution in [0.2, 0.25) is 0 Å². The van der Waals surface area contributed by atoms with Gasteiger partial charge in [-0.05, 0) is 49.4 Å². The summed E-state index contributed by atoms with van der Waals surface area (Å²) < 4.78 is 8.26. The molecule has 0 aliphatic heterocycles. The van der Waals surface area contributed by atoms with Gasteiger partial charge in [0.1, 0.15) is 5.75 Å². The van der Waals surface area contributed by atoms with Gasteiger partial charge in [-0.15, -0.1) is 0 Å². The van der Waals surface area contributed by atoms with Gasteiger partial charge in [-0.3, -0.25) is 4.79 Å². The van der Waals surface area contributed by atoms with Crippen LogP contribution in [0.25, 0.3) is 5.69 Å². The van der Waals surface area contributed by atoms with E-state index in [9.17, 15) is 4.79 Å². The van der Waals surface area contributed by atoms with E-state index in [4.69, 9.17) is 9.84 Å². The second-order valence-corrected chi connectivity index (χ2v) is 7.90. The second-order valence-electron chi connectivity index (χ2n) is 7.90. The van der Waals surface area contributed by atoms with Gasteiger partial charge in [0.05, 0.1) is 11.4 Å². The van der Waals surface area contributed by atoms with Crippen molar-refractivity contribution in [3.05, 3.63) is 71.4 Å². The zero-order valence-corrected chi connectivity index (χ0v) is 18.3. The Balaban J connectivity index is 1.96. The highest BCUT2D eigenvalue weighted by Crippen LogP contribution is 2.33. The molecule has 0 unspecified atom stereocenters. The molecule has 5 nitrogen and oxygen atoms in total. The molecule has 0 bridgehead atoms. The summed E-state index contributed by atoms with van der Waals surface area (Å²) in [6, 6.07) is 17.9. The summed E-state index contributed by atoms with van der Waals surface area (Å²) in [7, 11) is 0. The lowest BCUT2D eigenvalue weighted by molar-refractivity contribution is -0.121. The number of rotatable bonds is 9. The Kier molecular flexibility index (Phi) is 7.28. The molecule has 2 aromatic carbocycles. The third-order valence-electron chi connectivity index (χ3n) is 4.97. The maximum absolute atomic E-state index is 12.3. The van der Waals surface area contributed by atoms with E-state index in [1.54, 1.807) is 0 Å². The molecule has 30 heavy (non-hydrogen) atoms. The van der Waals surface area contributed by atoms with Crippen molar-refractivity contribution in [3.8, 4) is 17.3 Å². The third-order valence-corrected chi connectivity index (χ3v) is 4.97. The molecule has 1 N–H and O–H groups in total. The Morgan fingerprint density at radius 3 is 2.47 bits per heavy atom. The van der Waals surface area contributed by atoms with Gasteiger partial charge >= 0.3 is 0 Å². The number of hydrogen-bond acceptors (Lipinski definition) is 3. The monoisotopic (exact) mass is 405 g/mol. The number of carbonyl (C=O) groups excluding carboxylic acids is 1. The topological polar surface area (TPSA) is 56.2 Å². The number of carbonyl (C=O) groups is 1. The third kappa shape index (κ3) is 5.29. The molecule has 0 fully saturated rings. The molecule has 0 aliphatic carbocycles. The molecule has 1 amide bonds. The van der Waals surface area contributed by atoms with Gasteiger partial charge in [0.15, 0.2) is 0 Å². The Labute approximate surface area is 179 Å². The smallest absolute Gasteiger partial charge is 0.226 e. The van der Waals surface area contributed by atoms with Gasteiger partial charge in [0.2, 0.25) is 11.8 Å². The maximum atomic E-state index is 12.3. The van der Waals surface area contributed by atoms with Gasteiger partial charge in [-0.25, -0.2) is 4.68 Å². The van der Waals surface area contributed by atoms with E-state index in [1.807, 2.05) is 66.2 Å². The molecule has 0 saturated carbocycles. The highest BCUT2D eigenvalue weighted by atomic mass is 16.5. The minimum absolute atomic E-state index is 0.0556. The molecular weight excluding hydrogens is 374 g/mol. The lowest BCUT2D eigenvalue weighted by Crippen LogP contribution is -2.27. The second kappa shape index (κ2) is 10.1. The average molecular weight is 406 g/mol. The molecule has 0 spiro atoms. The fourth-order valence-electron chi connectivity index (χ4n) is 3.28.